The lowest BCUT2D eigenvalue weighted by Crippen LogP contribution is -2.37. The molecule has 12 heavy (non-hydrogen) atoms. The quantitative estimate of drug-likeness (QED) is 0.580. The molecule has 0 fully saturated rings. The van der Waals surface area contributed by atoms with E-state index in [1.807, 2.05) is 0 Å². The van der Waals surface area contributed by atoms with Crippen LogP contribution < -0.4 is 5.32 Å². The predicted molar refractivity (Wildman–Crippen MR) is 44.9 cm³/mol. The zero-order chi connectivity index (χ0) is 9.72. The molecule has 2 N–H and O–H groups in total. The SMILES string of the molecule is C=C(C)C(=O)CNC(C)C(=O)O. The summed E-state index contributed by atoms with van der Waals surface area (Å²) < 4.78 is 0. The number of carboxylic acid groups (broad SMARTS) is 1. The largest absolute Gasteiger partial charge is 0.480 e. The van der Waals surface area contributed by atoms with Gasteiger partial charge in [-0.25, -0.2) is 0 Å². The summed E-state index contributed by atoms with van der Waals surface area (Å²) in [5.74, 6) is -1.13. The second-order valence-electron chi connectivity index (χ2n) is 2.64. The number of hydrogen-bond acceptors (Lipinski definition) is 3. The minimum Gasteiger partial charge on any atom is -0.480 e. The first-order chi connectivity index (χ1) is 5.45. The molecule has 0 aliphatic carbocycles. The molecule has 4 heteroatoms. The highest BCUT2D eigenvalue weighted by atomic mass is 16.4. The van der Waals surface area contributed by atoms with Crippen molar-refractivity contribution in [3.05, 3.63) is 12.2 Å². The Morgan fingerprint density at radius 2 is 2.08 bits per heavy atom. The van der Waals surface area contributed by atoms with Crippen molar-refractivity contribution < 1.29 is 14.7 Å². The van der Waals surface area contributed by atoms with E-state index in [0.29, 0.717) is 5.57 Å². The molecule has 0 rings (SSSR count). The molecule has 0 radical (unpaired) electrons. The highest BCUT2D eigenvalue weighted by molar-refractivity contribution is 5.96. The zero-order valence-corrected chi connectivity index (χ0v) is 7.26. The van der Waals surface area contributed by atoms with Crippen LogP contribution in [0.25, 0.3) is 0 Å². The van der Waals surface area contributed by atoms with Crippen molar-refractivity contribution in [2.24, 2.45) is 0 Å². The Balaban J connectivity index is 3.76. The fourth-order valence-corrected chi connectivity index (χ4v) is 0.484. The Morgan fingerprint density at radius 3 is 2.42 bits per heavy atom. The number of nitrogens with one attached hydrogen (secondary N) is 1. The maximum Gasteiger partial charge on any atom is 0.320 e. The molecule has 0 aliphatic heterocycles. The Bertz CT molecular complexity index is 210. The Kier molecular flexibility index (Phi) is 4.21. The van der Waals surface area contributed by atoms with Crippen LogP contribution in [-0.2, 0) is 9.59 Å². The molecule has 68 valence electrons. The summed E-state index contributed by atoms with van der Waals surface area (Å²) in [5, 5.41) is 11.0. The van der Waals surface area contributed by atoms with Crippen LogP contribution in [0.15, 0.2) is 12.2 Å². The van der Waals surface area contributed by atoms with E-state index < -0.39 is 12.0 Å². The normalized spacial score (nSPS) is 12.2. The fraction of sp³-hybridized carbons (Fsp3) is 0.500. The third-order valence-electron chi connectivity index (χ3n) is 1.42. The lowest BCUT2D eigenvalue weighted by atomic mass is 10.2. The summed E-state index contributed by atoms with van der Waals surface area (Å²) in [4.78, 5) is 21.2. The molecule has 0 bridgehead atoms. The molecule has 0 aromatic rings. The van der Waals surface area contributed by atoms with Gasteiger partial charge in [-0.2, -0.15) is 0 Å². The molecule has 0 spiro atoms. The van der Waals surface area contributed by atoms with Crippen LogP contribution >= 0.6 is 0 Å². The standard InChI is InChI=1S/C8H13NO3/c1-5(2)7(10)4-9-6(3)8(11)12/h6,9H,1,4H2,2-3H3,(H,11,12). The number of aliphatic carboxylic acids is 1. The van der Waals surface area contributed by atoms with Crippen molar-refractivity contribution in [1.29, 1.82) is 0 Å². The van der Waals surface area contributed by atoms with E-state index in [1.54, 1.807) is 6.92 Å². The minimum absolute atomic E-state index is 0.0306. The van der Waals surface area contributed by atoms with Gasteiger partial charge in [0.2, 0.25) is 0 Å². The van der Waals surface area contributed by atoms with Gasteiger partial charge in [0.05, 0.1) is 6.54 Å². The van der Waals surface area contributed by atoms with Crippen molar-refractivity contribution in [3.8, 4) is 0 Å². The van der Waals surface area contributed by atoms with E-state index in [9.17, 15) is 9.59 Å². The van der Waals surface area contributed by atoms with Gasteiger partial charge >= 0.3 is 5.97 Å². The molecule has 0 heterocycles. The average molecular weight is 171 g/mol. The predicted octanol–water partition coefficient (Wildman–Crippen LogP) is 0.194. The summed E-state index contributed by atoms with van der Waals surface area (Å²) in [6.07, 6.45) is 0. The zero-order valence-electron chi connectivity index (χ0n) is 7.26. The molecule has 0 saturated carbocycles. The summed E-state index contributed by atoms with van der Waals surface area (Å²) in [5.41, 5.74) is 0.431. The molecule has 1 atom stereocenters. The third kappa shape index (κ3) is 3.88. The maximum absolute atomic E-state index is 10.9. The van der Waals surface area contributed by atoms with E-state index in [1.165, 1.54) is 6.92 Å². The lowest BCUT2D eigenvalue weighted by Gasteiger charge is -2.07. The summed E-state index contributed by atoms with van der Waals surface area (Å²) in [6.45, 7) is 6.54. The van der Waals surface area contributed by atoms with Crippen LogP contribution in [0.2, 0.25) is 0 Å². The highest BCUT2D eigenvalue weighted by Gasteiger charge is 2.11. The van der Waals surface area contributed by atoms with Crippen LogP contribution in [0.5, 0.6) is 0 Å². The average Bonchev–Trinajstić information content (AvgIpc) is 1.98. The van der Waals surface area contributed by atoms with E-state index >= 15 is 0 Å². The second kappa shape index (κ2) is 4.66. The molecule has 4 nitrogen and oxygen atoms in total. The van der Waals surface area contributed by atoms with Gasteiger partial charge in [-0.1, -0.05) is 6.58 Å². The first-order valence-corrected chi connectivity index (χ1v) is 3.60. The first kappa shape index (κ1) is 10.8. The van der Waals surface area contributed by atoms with Crippen LogP contribution in [0, 0.1) is 0 Å². The highest BCUT2D eigenvalue weighted by Crippen LogP contribution is 1.88. The molecular weight excluding hydrogens is 158 g/mol. The summed E-state index contributed by atoms with van der Waals surface area (Å²) in [6, 6.07) is -0.701. The maximum atomic E-state index is 10.9. The molecule has 0 aliphatic rings. The van der Waals surface area contributed by atoms with Crippen molar-refractivity contribution in [1.82, 2.24) is 5.32 Å². The molecule has 0 amide bonds. The number of rotatable bonds is 5. The first-order valence-electron chi connectivity index (χ1n) is 3.60. The molecule has 0 aromatic heterocycles. The number of hydrogen-bond donors (Lipinski definition) is 2. The van der Waals surface area contributed by atoms with Gasteiger partial charge in [0.25, 0.3) is 0 Å². The topological polar surface area (TPSA) is 66.4 Å². The van der Waals surface area contributed by atoms with Crippen LogP contribution in [-0.4, -0.2) is 29.4 Å². The van der Waals surface area contributed by atoms with E-state index in [4.69, 9.17) is 5.11 Å². The van der Waals surface area contributed by atoms with E-state index in [0.717, 1.165) is 0 Å². The Labute approximate surface area is 71.3 Å². The number of carboxylic acids is 1. The second-order valence-corrected chi connectivity index (χ2v) is 2.64. The van der Waals surface area contributed by atoms with Crippen molar-refractivity contribution >= 4 is 11.8 Å². The van der Waals surface area contributed by atoms with Crippen LogP contribution in [0.1, 0.15) is 13.8 Å². The number of carbonyl (C=O) groups is 2. The van der Waals surface area contributed by atoms with Crippen molar-refractivity contribution in [2.75, 3.05) is 6.54 Å². The number of carbonyl (C=O) groups excluding carboxylic acids is 1. The van der Waals surface area contributed by atoms with Gasteiger partial charge in [0.1, 0.15) is 6.04 Å². The molecule has 0 aromatic carbocycles. The van der Waals surface area contributed by atoms with E-state index in [2.05, 4.69) is 11.9 Å². The van der Waals surface area contributed by atoms with Crippen molar-refractivity contribution in [2.45, 2.75) is 19.9 Å². The third-order valence-corrected chi connectivity index (χ3v) is 1.42. The summed E-state index contributed by atoms with van der Waals surface area (Å²) >= 11 is 0. The minimum atomic E-state index is -0.968. The Hall–Kier alpha value is -1.16. The van der Waals surface area contributed by atoms with Gasteiger partial charge in [-0.3, -0.25) is 14.9 Å². The van der Waals surface area contributed by atoms with E-state index in [-0.39, 0.29) is 12.3 Å². The number of Topliss-reactive ketones (excluding diaryl/α,β-unsaturated/α-hetero) is 1. The van der Waals surface area contributed by atoms with Crippen LogP contribution in [0.3, 0.4) is 0 Å². The van der Waals surface area contributed by atoms with Crippen LogP contribution in [0.4, 0.5) is 0 Å². The fourth-order valence-electron chi connectivity index (χ4n) is 0.484. The monoisotopic (exact) mass is 171 g/mol. The van der Waals surface area contributed by atoms with Gasteiger partial charge in [0, 0.05) is 0 Å². The summed E-state index contributed by atoms with van der Waals surface area (Å²) in [7, 11) is 0. The van der Waals surface area contributed by atoms with Gasteiger partial charge < -0.3 is 5.11 Å². The smallest absolute Gasteiger partial charge is 0.320 e. The number of ketones is 1. The van der Waals surface area contributed by atoms with Gasteiger partial charge in [0.15, 0.2) is 5.78 Å². The molecule has 1 unspecified atom stereocenters. The van der Waals surface area contributed by atoms with Gasteiger partial charge in [-0.05, 0) is 19.4 Å². The van der Waals surface area contributed by atoms with Gasteiger partial charge in [-0.15, -0.1) is 0 Å². The Morgan fingerprint density at radius 1 is 1.58 bits per heavy atom. The van der Waals surface area contributed by atoms with Crippen molar-refractivity contribution in [3.63, 3.8) is 0 Å². The molecule has 0 saturated heterocycles. The molecular formula is C8H13NO3. The lowest BCUT2D eigenvalue weighted by molar-refractivity contribution is -0.139.